The highest BCUT2D eigenvalue weighted by Gasteiger charge is 2.16. The number of aromatic hydroxyl groups is 1. The Morgan fingerprint density at radius 1 is 1.19 bits per heavy atom. The van der Waals surface area contributed by atoms with E-state index in [-0.39, 0.29) is 11.6 Å². The maximum absolute atomic E-state index is 11.0. The molecule has 31 heavy (non-hydrogen) atoms. The van der Waals surface area contributed by atoms with E-state index in [2.05, 4.69) is 15.0 Å². The van der Waals surface area contributed by atoms with Crippen molar-refractivity contribution < 1.29 is 14.8 Å². The van der Waals surface area contributed by atoms with Crippen LogP contribution in [-0.4, -0.2) is 36.7 Å². The van der Waals surface area contributed by atoms with Crippen molar-refractivity contribution in [3.63, 3.8) is 0 Å². The van der Waals surface area contributed by atoms with Crippen LogP contribution in [0.3, 0.4) is 0 Å². The lowest BCUT2D eigenvalue weighted by atomic mass is 10.2. The number of H-pyrrole nitrogens is 1. The van der Waals surface area contributed by atoms with Crippen LogP contribution in [0.5, 0.6) is 11.5 Å². The molecule has 2 N–H and O–H groups in total. The SMILES string of the molecule is COc1cc(O)cc2nc(-c3ccc(-n4cncc4-c4ccc([N+](=O)[O-])[nH]4)cc3)sc12. The number of nitrogens with zero attached hydrogens (tertiary/aromatic N) is 4. The average molecular weight is 433 g/mol. The van der Waals surface area contributed by atoms with Crippen molar-refractivity contribution in [1.82, 2.24) is 19.5 Å². The number of nitro groups is 1. The van der Waals surface area contributed by atoms with Gasteiger partial charge in [0, 0.05) is 29.4 Å². The summed E-state index contributed by atoms with van der Waals surface area (Å²) in [6.07, 6.45) is 3.30. The van der Waals surface area contributed by atoms with Crippen LogP contribution in [0.1, 0.15) is 0 Å². The molecule has 0 spiro atoms. The van der Waals surface area contributed by atoms with Crippen molar-refractivity contribution in [2.45, 2.75) is 0 Å². The van der Waals surface area contributed by atoms with Gasteiger partial charge in [0.1, 0.15) is 22.2 Å². The third-order valence-corrected chi connectivity index (χ3v) is 5.97. The number of aromatic amines is 1. The number of thiazole rings is 1. The molecule has 0 aliphatic carbocycles. The fourth-order valence-corrected chi connectivity index (χ4v) is 4.41. The minimum absolute atomic E-state index is 0.0737. The van der Waals surface area contributed by atoms with E-state index >= 15 is 0 Å². The standard InChI is InChI=1S/C21H15N5O4S/c1-30-18-9-14(27)8-16-20(18)31-21(24-16)12-2-4-13(5-3-12)25-11-22-10-17(25)15-6-7-19(23-15)26(28)29/h2-11,23,27H,1H3. The Bertz CT molecular complexity index is 1420. The van der Waals surface area contributed by atoms with Crippen LogP contribution in [0.15, 0.2) is 61.1 Å². The Kier molecular flexibility index (Phi) is 4.41. The van der Waals surface area contributed by atoms with Gasteiger partial charge in [0.05, 0.1) is 29.9 Å². The predicted molar refractivity (Wildman–Crippen MR) is 117 cm³/mol. The third kappa shape index (κ3) is 3.28. The van der Waals surface area contributed by atoms with E-state index < -0.39 is 4.92 Å². The van der Waals surface area contributed by atoms with Gasteiger partial charge >= 0.3 is 5.82 Å². The largest absolute Gasteiger partial charge is 0.508 e. The number of benzene rings is 2. The highest BCUT2D eigenvalue weighted by molar-refractivity contribution is 7.22. The van der Waals surface area contributed by atoms with Crippen LogP contribution in [-0.2, 0) is 0 Å². The summed E-state index contributed by atoms with van der Waals surface area (Å²) >= 11 is 1.48. The second-order valence-corrected chi connectivity index (χ2v) is 7.72. The number of fused-ring (bicyclic) bond motifs is 1. The molecule has 9 nitrogen and oxygen atoms in total. The molecule has 5 aromatic rings. The van der Waals surface area contributed by atoms with E-state index in [0.29, 0.717) is 22.7 Å². The fraction of sp³-hybridized carbons (Fsp3) is 0.0476. The second kappa shape index (κ2) is 7.26. The first-order valence-electron chi connectivity index (χ1n) is 9.18. The van der Waals surface area contributed by atoms with Crippen molar-refractivity contribution in [3.05, 3.63) is 71.2 Å². The van der Waals surface area contributed by atoms with E-state index in [9.17, 15) is 15.2 Å². The Hall–Kier alpha value is -4.18. The highest BCUT2D eigenvalue weighted by Crippen LogP contribution is 2.38. The lowest BCUT2D eigenvalue weighted by Gasteiger charge is -2.06. The van der Waals surface area contributed by atoms with Gasteiger partial charge in [-0.15, -0.1) is 11.3 Å². The Morgan fingerprint density at radius 3 is 2.71 bits per heavy atom. The predicted octanol–water partition coefficient (Wildman–Crippen LogP) is 4.77. The molecule has 0 atom stereocenters. The van der Waals surface area contributed by atoms with E-state index in [1.165, 1.54) is 17.4 Å². The van der Waals surface area contributed by atoms with Crippen LogP contribution in [0.4, 0.5) is 5.82 Å². The van der Waals surface area contributed by atoms with Crippen LogP contribution >= 0.6 is 11.3 Å². The molecule has 0 radical (unpaired) electrons. The summed E-state index contributed by atoms with van der Waals surface area (Å²) in [4.78, 5) is 22.1. The van der Waals surface area contributed by atoms with E-state index in [1.54, 1.807) is 37.8 Å². The summed E-state index contributed by atoms with van der Waals surface area (Å²) in [7, 11) is 1.56. The first-order valence-corrected chi connectivity index (χ1v) is 9.99. The zero-order chi connectivity index (χ0) is 21.5. The van der Waals surface area contributed by atoms with Crippen molar-refractivity contribution in [2.24, 2.45) is 0 Å². The summed E-state index contributed by atoms with van der Waals surface area (Å²) < 4.78 is 8.06. The number of hydrogen-bond acceptors (Lipinski definition) is 7. The zero-order valence-electron chi connectivity index (χ0n) is 16.1. The molecule has 5 rings (SSSR count). The summed E-state index contributed by atoms with van der Waals surface area (Å²) in [5.41, 5.74) is 3.76. The monoisotopic (exact) mass is 433 g/mol. The quantitative estimate of drug-likeness (QED) is 0.304. The van der Waals surface area contributed by atoms with Gasteiger partial charge in [-0.2, -0.15) is 0 Å². The molecule has 0 unspecified atom stereocenters. The number of phenolic OH excluding ortho intramolecular Hbond substituents is 1. The maximum Gasteiger partial charge on any atom is 0.321 e. The average Bonchev–Trinajstić information content (AvgIpc) is 3.51. The first kappa shape index (κ1) is 18.8. The van der Waals surface area contributed by atoms with Crippen LogP contribution < -0.4 is 4.74 Å². The molecule has 0 aliphatic heterocycles. The van der Waals surface area contributed by atoms with Gasteiger partial charge in [-0.05, 0) is 35.3 Å². The normalized spacial score (nSPS) is 11.1. The van der Waals surface area contributed by atoms with Gasteiger partial charge in [0.25, 0.3) is 0 Å². The lowest BCUT2D eigenvalue weighted by Crippen LogP contribution is -1.95. The van der Waals surface area contributed by atoms with Crippen molar-refractivity contribution >= 4 is 27.4 Å². The summed E-state index contributed by atoms with van der Waals surface area (Å²) in [5, 5.41) is 21.6. The number of aromatic nitrogens is 4. The minimum Gasteiger partial charge on any atom is -0.508 e. The van der Waals surface area contributed by atoms with Crippen LogP contribution in [0, 0.1) is 10.1 Å². The summed E-state index contributed by atoms with van der Waals surface area (Å²) in [6.45, 7) is 0. The van der Waals surface area contributed by atoms with Crippen molar-refractivity contribution in [2.75, 3.05) is 7.11 Å². The molecule has 10 heteroatoms. The van der Waals surface area contributed by atoms with Crippen LogP contribution in [0.25, 0.3) is 37.9 Å². The Labute approximate surface area is 179 Å². The number of nitrogens with one attached hydrogen (secondary N) is 1. The molecule has 0 fully saturated rings. The molecule has 0 amide bonds. The zero-order valence-corrected chi connectivity index (χ0v) is 17.0. The lowest BCUT2D eigenvalue weighted by molar-refractivity contribution is -0.389. The number of rotatable bonds is 5. The molecule has 3 aromatic heterocycles. The Morgan fingerprint density at radius 2 is 2.00 bits per heavy atom. The number of phenols is 1. The summed E-state index contributed by atoms with van der Waals surface area (Å²) in [5.74, 6) is 0.614. The molecule has 0 saturated carbocycles. The van der Waals surface area contributed by atoms with Gasteiger partial charge in [-0.3, -0.25) is 4.57 Å². The number of imidazole rings is 1. The number of hydrogen-bond donors (Lipinski definition) is 2. The van der Waals surface area contributed by atoms with Gasteiger partial charge in [0.15, 0.2) is 5.69 Å². The molecule has 154 valence electrons. The van der Waals surface area contributed by atoms with E-state index in [0.717, 1.165) is 21.0 Å². The topological polar surface area (TPSA) is 119 Å². The third-order valence-electron chi connectivity index (χ3n) is 4.83. The maximum atomic E-state index is 11.0. The molecule has 0 saturated heterocycles. The summed E-state index contributed by atoms with van der Waals surface area (Å²) in [6, 6.07) is 14.0. The van der Waals surface area contributed by atoms with Gasteiger partial charge < -0.3 is 20.0 Å². The number of ether oxygens (including phenoxy) is 1. The van der Waals surface area contributed by atoms with E-state index in [1.807, 2.05) is 28.8 Å². The van der Waals surface area contributed by atoms with Gasteiger partial charge in [-0.25, -0.2) is 15.0 Å². The second-order valence-electron chi connectivity index (χ2n) is 6.73. The van der Waals surface area contributed by atoms with Crippen molar-refractivity contribution in [3.8, 4) is 39.1 Å². The first-order chi connectivity index (χ1) is 15.0. The molecular formula is C21H15N5O4S. The van der Waals surface area contributed by atoms with Crippen molar-refractivity contribution in [1.29, 1.82) is 0 Å². The van der Waals surface area contributed by atoms with Gasteiger partial charge in [0.2, 0.25) is 0 Å². The molecule has 0 bridgehead atoms. The number of methoxy groups -OCH3 is 1. The van der Waals surface area contributed by atoms with E-state index in [4.69, 9.17) is 4.74 Å². The van der Waals surface area contributed by atoms with Crippen LogP contribution in [0.2, 0.25) is 0 Å². The van der Waals surface area contributed by atoms with Gasteiger partial charge in [-0.1, -0.05) is 0 Å². The highest BCUT2D eigenvalue weighted by atomic mass is 32.1. The molecular weight excluding hydrogens is 418 g/mol. The minimum atomic E-state index is -0.467. The smallest absolute Gasteiger partial charge is 0.321 e. The molecule has 3 heterocycles. The molecule has 2 aromatic carbocycles. The molecule has 0 aliphatic rings. The fourth-order valence-electron chi connectivity index (χ4n) is 3.37. The Balaban J connectivity index is 1.50.